The van der Waals surface area contributed by atoms with Crippen molar-refractivity contribution in [1.29, 1.82) is 0 Å². The summed E-state index contributed by atoms with van der Waals surface area (Å²) in [4.78, 5) is 26.9. The van der Waals surface area contributed by atoms with Gasteiger partial charge in [-0.05, 0) is 36.4 Å². The van der Waals surface area contributed by atoms with E-state index in [1.165, 1.54) is 7.11 Å². The molecule has 0 aliphatic heterocycles. The number of likely N-dealkylation sites (N-methyl/N-ethyl adjacent to an activating group) is 2. The normalized spacial score (nSPS) is 10.6. The van der Waals surface area contributed by atoms with Gasteiger partial charge in [0.1, 0.15) is 5.75 Å². The van der Waals surface area contributed by atoms with Gasteiger partial charge >= 0.3 is 5.97 Å². The lowest BCUT2D eigenvalue weighted by atomic mass is 10.0. The molecule has 27 heavy (non-hydrogen) atoms. The first kappa shape index (κ1) is 20.5. The average molecular weight is 370 g/mol. The summed E-state index contributed by atoms with van der Waals surface area (Å²) in [5, 5.41) is 0. The number of rotatable bonds is 7. The van der Waals surface area contributed by atoms with Crippen LogP contribution in [-0.4, -0.2) is 63.6 Å². The number of ether oxygens (including phenoxy) is 2. The summed E-state index contributed by atoms with van der Waals surface area (Å²) in [5.74, 6) is 0.441. The molecule has 0 aliphatic carbocycles. The number of hydrogen-bond donors (Lipinski definition) is 0. The van der Waals surface area contributed by atoms with E-state index in [4.69, 9.17) is 9.47 Å². The maximum atomic E-state index is 11.8. The second kappa shape index (κ2) is 9.19. The second-order valence-electron chi connectivity index (χ2n) is 6.56. The molecule has 0 saturated carbocycles. The molecule has 1 amide bonds. The van der Waals surface area contributed by atoms with Crippen LogP contribution in [0.1, 0.15) is 15.9 Å². The molecule has 0 bridgehead atoms. The zero-order chi connectivity index (χ0) is 20.0. The molecule has 2 rings (SSSR count). The molecular formula is C21H26N2O4. The number of nitrogens with zero attached hydrogens (tertiary/aromatic N) is 2. The summed E-state index contributed by atoms with van der Waals surface area (Å²) in [5.41, 5.74) is 3.44. The average Bonchev–Trinajstić information content (AvgIpc) is 2.67. The van der Waals surface area contributed by atoms with Crippen LogP contribution < -0.4 is 4.74 Å². The molecule has 6 nitrogen and oxygen atoms in total. The van der Waals surface area contributed by atoms with Crippen molar-refractivity contribution in [2.75, 3.05) is 41.9 Å². The van der Waals surface area contributed by atoms with Crippen molar-refractivity contribution in [3.63, 3.8) is 0 Å². The Balaban J connectivity index is 2.18. The van der Waals surface area contributed by atoms with Crippen molar-refractivity contribution in [1.82, 2.24) is 9.80 Å². The van der Waals surface area contributed by atoms with E-state index in [0.29, 0.717) is 18.7 Å². The van der Waals surface area contributed by atoms with Gasteiger partial charge in [-0.25, -0.2) is 4.79 Å². The van der Waals surface area contributed by atoms with E-state index in [0.717, 1.165) is 22.4 Å². The Hall–Kier alpha value is -2.86. The highest BCUT2D eigenvalue weighted by molar-refractivity contribution is 5.90. The third kappa shape index (κ3) is 5.31. The molecular weight excluding hydrogens is 344 g/mol. The largest absolute Gasteiger partial charge is 0.496 e. The second-order valence-corrected chi connectivity index (χ2v) is 6.56. The van der Waals surface area contributed by atoms with Crippen molar-refractivity contribution in [3.8, 4) is 16.9 Å². The molecule has 0 heterocycles. The van der Waals surface area contributed by atoms with Crippen LogP contribution in [0, 0.1) is 0 Å². The topological polar surface area (TPSA) is 59.1 Å². The molecule has 2 aromatic rings. The molecule has 144 valence electrons. The van der Waals surface area contributed by atoms with Crippen LogP contribution in [0.2, 0.25) is 0 Å². The fourth-order valence-corrected chi connectivity index (χ4v) is 2.72. The molecule has 0 atom stereocenters. The molecule has 0 N–H and O–H groups in total. The highest BCUT2D eigenvalue weighted by atomic mass is 16.5. The van der Waals surface area contributed by atoms with Crippen molar-refractivity contribution in [3.05, 3.63) is 53.6 Å². The summed E-state index contributed by atoms with van der Waals surface area (Å²) in [7, 11) is 8.40. The van der Waals surface area contributed by atoms with Gasteiger partial charge in [0.05, 0.1) is 26.3 Å². The Morgan fingerprint density at radius 3 is 2.19 bits per heavy atom. The third-order valence-corrected chi connectivity index (χ3v) is 4.24. The maximum Gasteiger partial charge on any atom is 0.337 e. The summed E-state index contributed by atoms with van der Waals surface area (Å²) in [6.45, 7) is 0.990. The summed E-state index contributed by atoms with van der Waals surface area (Å²) >= 11 is 0. The summed E-state index contributed by atoms with van der Waals surface area (Å²) in [6, 6.07) is 13.2. The number of hydrogen-bond acceptors (Lipinski definition) is 5. The molecule has 0 aromatic heterocycles. The van der Waals surface area contributed by atoms with Gasteiger partial charge in [0.15, 0.2) is 0 Å². The number of carbonyl (C=O) groups excluding carboxylic acids is 2. The van der Waals surface area contributed by atoms with Crippen molar-refractivity contribution in [2.24, 2.45) is 0 Å². The lowest BCUT2D eigenvalue weighted by Crippen LogP contribution is -2.34. The van der Waals surface area contributed by atoms with Gasteiger partial charge in [-0.2, -0.15) is 0 Å². The first-order valence-corrected chi connectivity index (χ1v) is 8.60. The van der Waals surface area contributed by atoms with E-state index in [1.54, 1.807) is 38.2 Å². The Kier molecular flexibility index (Phi) is 6.96. The Morgan fingerprint density at radius 2 is 1.63 bits per heavy atom. The first-order chi connectivity index (χ1) is 12.8. The minimum Gasteiger partial charge on any atom is -0.496 e. The molecule has 0 spiro atoms. The van der Waals surface area contributed by atoms with Crippen LogP contribution in [-0.2, 0) is 16.1 Å². The van der Waals surface area contributed by atoms with Gasteiger partial charge in [0, 0.05) is 26.2 Å². The quantitative estimate of drug-likeness (QED) is 0.702. The van der Waals surface area contributed by atoms with Crippen LogP contribution >= 0.6 is 0 Å². The van der Waals surface area contributed by atoms with E-state index in [9.17, 15) is 9.59 Å². The molecule has 0 unspecified atom stereocenters. The minimum atomic E-state index is -0.362. The van der Waals surface area contributed by atoms with Crippen LogP contribution in [0.25, 0.3) is 11.1 Å². The van der Waals surface area contributed by atoms with E-state index >= 15 is 0 Å². The predicted molar refractivity (Wildman–Crippen MR) is 105 cm³/mol. The standard InChI is InChI=1S/C21H26N2O4/c1-22(2)20(24)14-23(3)13-15-6-11-18(19(12-15)26-4)16-7-9-17(10-8-16)21(25)27-5/h6-12H,13-14H2,1-5H3. The number of methoxy groups -OCH3 is 2. The number of esters is 1. The SMILES string of the molecule is COC(=O)c1ccc(-c2ccc(CN(C)CC(=O)N(C)C)cc2OC)cc1. The maximum absolute atomic E-state index is 11.8. The van der Waals surface area contributed by atoms with Crippen molar-refractivity contribution >= 4 is 11.9 Å². The smallest absolute Gasteiger partial charge is 0.337 e. The lowest BCUT2D eigenvalue weighted by molar-refractivity contribution is -0.129. The van der Waals surface area contributed by atoms with Gasteiger partial charge in [-0.15, -0.1) is 0 Å². The Morgan fingerprint density at radius 1 is 0.963 bits per heavy atom. The van der Waals surface area contributed by atoms with Crippen molar-refractivity contribution in [2.45, 2.75) is 6.54 Å². The monoisotopic (exact) mass is 370 g/mol. The van der Waals surface area contributed by atoms with Crippen molar-refractivity contribution < 1.29 is 19.1 Å². The fraction of sp³-hybridized carbons (Fsp3) is 0.333. The molecule has 0 saturated heterocycles. The van der Waals surface area contributed by atoms with Crippen LogP contribution in [0.3, 0.4) is 0 Å². The summed E-state index contributed by atoms with van der Waals surface area (Å²) < 4.78 is 10.3. The molecule has 0 radical (unpaired) electrons. The van der Waals surface area contributed by atoms with Crippen LogP contribution in [0.15, 0.2) is 42.5 Å². The highest BCUT2D eigenvalue weighted by Gasteiger charge is 2.12. The third-order valence-electron chi connectivity index (χ3n) is 4.24. The van der Waals surface area contributed by atoms with E-state index < -0.39 is 0 Å². The van der Waals surface area contributed by atoms with Gasteiger partial charge in [-0.1, -0.05) is 24.3 Å². The number of carbonyl (C=O) groups is 2. The predicted octanol–water partition coefficient (Wildman–Crippen LogP) is 2.67. The zero-order valence-electron chi connectivity index (χ0n) is 16.5. The van der Waals surface area contributed by atoms with E-state index in [1.807, 2.05) is 42.3 Å². The van der Waals surface area contributed by atoms with Gasteiger partial charge in [0.2, 0.25) is 5.91 Å². The minimum absolute atomic E-state index is 0.0618. The first-order valence-electron chi connectivity index (χ1n) is 8.60. The highest BCUT2D eigenvalue weighted by Crippen LogP contribution is 2.31. The fourth-order valence-electron chi connectivity index (χ4n) is 2.72. The Bertz CT molecular complexity index is 800. The number of benzene rings is 2. The van der Waals surface area contributed by atoms with Gasteiger partial charge in [-0.3, -0.25) is 9.69 Å². The van der Waals surface area contributed by atoms with E-state index in [2.05, 4.69) is 0 Å². The summed E-state index contributed by atoms with van der Waals surface area (Å²) in [6.07, 6.45) is 0. The molecule has 0 fully saturated rings. The zero-order valence-corrected chi connectivity index (χ0v) is 16.5. The Labute approximate surface area is 160 Å². The molecule has 0 aliphatic rings. The molecule has 2 aromatic carbocycles. The number of amides is 1. The van der Waals surface area contributed by atoms with Crippen LogP contribution in [0.4, 0.5) is 0 Å². The van der Waals surface area contributed by atoms with Gasteiger partial charge in [0.25, 0.3) is 0 Å². The lowest BCUT2D eigenvalue weighted by Gasteiger charge is -2.19. The van der Waals surface area contributed by atoms with E-state index in [-0.39, 0.29) is 11.9 Å². The molecule has 6 heteroatoms. The van der Waals surface area contributed by atoms with Gasteiger partial charge < -0.3 is 14.4 Å². The van der Waals surface area contributed by atoms with Crippen LogP contribution in [0.5, 0.6) is 5.75 Å².